The lowest BCUT2D eigenvalue weighted by molar-refractivity contribution is 0.250. The number of nitrogens with zero attached hydrogens (tertiary/aromatic N) is 1. The first kappa shape index (κ1) is 18.2. The second-order valence-electron chi connectivity index (χ2n) is 5.10. The van der Waals surface area contributed by atoms with Crippen molar-refractivity contribution in [3.8, 4) is 0 Å². The summed E-state index contributed by atoms with van der Waals surface area (Å²) < 4.78 is 13.4. The molecule has 0 saturated carbocycles. The molecule has 112 valence electrons. The van der Waals surface area contributed by atoms with E-state index in [2.05, 4.69) is 31.0 Å². The average Bonchev–Trinajstić information content (AvgIpc) is 2.44. The molecule has 0 aliphatic heterocycles. The second kappa shape index (κ2) is 11.0. The van der Waals surface area contributed by atoms with E-state index in [1.807, 2.05) is 25.9 Å². The van der Waals surface area contributed by atoms with Gasteiger partial charge in [-0.15, -0.1) is 0 Å². The Morgan fingerprint density at radius 2 is 2.00 bits per heavy atom. The summed E-state index contributed by atoms with van der Waals surface area (Å²) in [5, 5.41) is 3.20. The van der Waals surface area contributed by atoms with Crippen LogP contribution in [-0.2, 0) is 0 Å². The van der Waals surface area contributed by atoms with Crippen LogP contribution in [0.1, 0.15) is 46.0 Å². The summed E-state index contributed by atoms with van der Waals surface area (Å²) in [4.78, 5) is 2.02. The summed E-state index contributed by atoms with van der Waals surface area (Å²) >= 11 is 0. The van der Waals surface area contributed by atoms with E-state index in [4.69, 9.17) is 0 Å². The van der Waals surface area contributed by atoms with Crippen molar-refractivity contribution in [1.29, 1.82) is 0 Å². The van der Waals surface area contributed by atoms with Gasteiger partial charge in [0.25, 0.3) is 0 Å². The monoisotopic (exact) mass is 270 g/mol. The SMILES string of the molecule is C=CN(C)C(/C=C\CCC(CC)CC(F)CC)NC. The molecule has 0 amide bonds. The third-order valence-electron chi connectivity index (χ3n) is 3.69. The molecule has 0 aliphatic rings. The minimum absolute atomic E-state index is 0.183. The molecule has 2 nitrogen and oxygen atoms in total. The highest BCUT2D eigenvalue weighted by atomic mass is 19.1. The molecule has 0 aromatic rings. The summed E-state index contributed by atoms with van der Waals surface area (Å²) in [7, 11) is 3.92. The Hall–Kier alpha value is -0.830. The van der Waals surface area contributed by atoms with Crippen LogP contribution in [0.5, 0.6) is 0 Å². The lowest BCUT2D eigenvalue weighted by atomic mass is 9.93. The van der Waals surface area contributed by atoms with Crippen LogP contribution in [0.2, 0.25) is 0 Å². The minimum atomic E-state index is -0.633. The van der Waals surface area contributed by atoms with Crippen LogP contribution in [0.3, 0.4) is 0 Å². The van der Waals surface area contributed by atoms with Crippen LogP contribution in [0.25, 0.3) is 0 Å². The van der Waals surface area contributed by atoms with E-state index in [0.717, 1.165) is 19.3 Å². The van der Waals surface area contributed by atoms with Gasteiger partial charge < -0.3 is 4.90 Å². The molecule has 3 unspecified atom stereocenters. The molecule has 0 aromatic carbocycles. The zero-order chi connectivity index (χ0) is 14.7. The van der Waals surface area contributed by atoms with Crippen molar-refractivity contribution < 1.29 is 4.39 Å². The van der Waals surface area contributed by atoms with Gasteiger partial charge in [0.1, 0.15) is 6.17 Å². The maximum absolute atomic E-state index is 13.4. The van der Waals surface area contributed by atoms with Crippen molar-refractivity contribution in [2.24, 2.45) is 5.92 Å². The first-order chi connectivity index (χ1) is 9.08. The average molecular weight is 270 g/mol. The molecule has 0 aromatic heterocycles. The van der Waals surface area contributed by atoms with Gasteiger partial charge in [0, 0.05) is 7.05 Å². The molecule has 0 aliphatic carbocycles. The fraction of sp³-hybridized carbons (Fsp3) is 0.750. The molecule has 0 rings (SSSR count). The Balaban J connectivity index is 4.06. The van der Waals surface area contributed by atoms with Crippen molar-refractivity contribution in [2.45, 2.75) is 58.3 Å². The maximum atomic E-state index is 13.4. The van der Waals surface area contributed by atoms with E-state index in [1.54, 1.807) is 6.20 Å². The van der Waals surface area contributed by atoms with E-state index in [0.29, 0.717) is 18.8 Å². The predicted molar refractivity (Wildman–Crippen MR) is 82.8 cm³/mol. The topological polar surface area (TPSA) is 15.3 Å². The van der Waals surface area contributed by atoms with Gasteiger partial charge in [0.2, 0.25) is 0 Å². The van der Waals surface area contributed by atoms with Gasteiger partial charge in [-0.25, -0.2) is 4.39 Å². The van der Waals surface area contributed by atoms with Gasteiger partial charge in [0.15, 0.2) is 0 Å². The molecule has 3 heteroatoms. The Morgan fingerprint density at radius 3 is 2.47 bits per heavy atom. The van der Waals surface area contributed by atoms with E-state index < -0.39 is 6.17 Å². The van der Waals surface area contributed by atoms with Gasteiger partial charge >= 0.3 is 0 Å². The van der Waals surface area contributed by atoms with Crippen LogP contribution in [-0.4, -0.2) is 31.3 Å². The quantitative estimate of drug-likeness (QED) is 0.449. The standard InChI is InChI=1S/C16H31FN2/c1-6-14(13-15(17)7-2)11-9-10-12-16(18-4)19(5)8-3/h8,10,12,14-16,18H,3,6-7,9,11,13H2,1-2,4-5H3/b12-10-. The van der Waals surface area contributed by atoms with Crippen molar-refractivity contribution in [3.63, 3.8) is 0 Å². The molecule has 0 saturated heterocycles. The fourth-order valence-electron chi connectivity index (χ4n) is 2.12. The summed E-state index contributed by atoms with van der Waals surface area (Å²) in [6.07, 6.45) is 10.2. The number of rotatable bonds is 11. The van der Waals surface area contributed by atoms with Gasteiger partial charge in [-0.3, -0.25) is 5.32 Å². The molecular weight excluding hydrogens is 239 g/mol. The van der Waals surface area contributed by atoms with Crippen LogP contribution >= 0.6 is 0 Å². The Labute approximate surface area is 118 Å². The number of likely N-dealkylation sites (N-methyl/N-ethyl adjacent to an activating group) is 2. The molecule has 0 spiro atoms. The third kappa shape index (κ3) is 8.04. The summed E-state index contributed by atoms with van der Waals surface area (Å²) in [5.41, 5.74) is 0. The number of nitrogens with one attached hydrogen (secondary N) is 1. The summed E-state index contributed by atoms with van der Waals surface area (Å²) in [5.74, 6) is 0.504. The lowest BCUT2D eigenvalue weighted by Crippen LogP contribution is -2.36. The zero-order valence-electron chi connectivity index (χ0n) is 13.0. The molecule has 0 radical (unpaired) electrons. The maximum Gasteiger partial charge on any atom is 0.100 e. The Kier molecular flexibility index (Phi) is 10.6. The van der Waals surface area contributed by atoms with Gasteiger partial charge in [-0.05, 0) is 44.8 Å². The minimum Gasteiger partial charge on any atom is -0.362 e. The van der Waals surface area contributed by atoms with E-state index >= 15 is 0 Å². The van der Waals surface area contributed by atoms with Crippen LogP contribution in [0, 0.1) is 5.92 Å². The highest BCUT2D eigenvalue weighted by molar-refractivity contribution is 4.94. The van der Waals surface area contributed by atoms with E-state index in [1.165, 1.54) is 0 Å². The van der Waals surface area contributed by atoms with E-state index in [9.17, 15) is 4.39 Å². The molecule has 1 N–H and O–H groups in total. The first-order valence-electron chi connectivity index (χ1n) is 7.41. The van der Waals surface area contributed by atoms with Crippen molar-refractivity contribution in [1.82, 2.24) is 10.2 Å². The normalized spacial score (nSPS) is 16.3. The molecule has 0 fully saturated rings. The number of hydrogen-bond acceptors (Lipinski definition) is 2. The van der Waals surface area contributed by atoms with Gasteiger partial charge in [0.05, 0.1) is 6.17 Å². The predicted octanol–water partition coefficient (Wildman–Crippen LogP) is 4.11. The highest BCUT2D eigenvalue weighted by Crippen LogP contribution is 2.20. The van der Waals surface area contributed by atoms with E-state index in [-0.39, 0.29) is 6.17 Å². The molecule has 0 heterocycles. The van der Waals surface area contributed by atoms with Crippen LogP contribution in [0.15, 0.2) is 24.9 Å². The second-order valence-corrected chi connectivity index (χ2v) is 5.10. The largest absolute Gasteiger partial charge is 0.362 e. The number of allylic oxidation sites excluding steroid dienone is 1. The molecule has 19 heavy (non-hydrogen) atoms. The number of alkyl halides is 1. The number of halogens is 1. The molecule has 0 bridgehead atoms. The van der Waals surface area contributed by atoms with Crippen molar-refractivity contribution >= 4 is 0 Å². The number of hydrogen-bond donors (Lipinski definition) is 1. The lowest BCUT2D eigenvalue weighted by Gasteiger charge is -2.23. The Morgan fingerprint density at radius 1 is 1.32 bits per heavy atom. The first-order valence-corrected chi connectivity index (χ1v) is 7.41. The highest BCUT2D eigenvalue weighted by Gasteiger charge is 2.12. The smallest absolute Gasteiger partial charge is 0.100 e. The van der Waals surface area contributed by atoms with Crippen molar-refractivity contribution in [3.05, 3.63) is 24.9 Å². The summed E-state index contributed by atoms with van der Waals surface area (Å²) in [6.45, 7) is 7.82. The Bertz CT molecular complexity index is 253. The summed E-state index contributed by atoms with van der Waals surface area (Å²) in [6, 6.07) is 0. The van der Waals surface area contributed by atoms with Gasteiger partial charge in [-0.1, -0.05) is 39.0 Å². The molecule has 3 atom stereocenters. The van der Waals surface area contributed by atoms with Crippen LogP contribution in [0.4, 0.5) is 4.39 Å². The zero-order valence-corrected chi connectivity index (χ0v) is 13.0. The van der Waals surface area contributed by atoms with Crippen LogP contribution < -0.4 is 5.32 Å². The molecular formula is C16H31FN2. The third-order valence-corrected chi connectivity index (χ3v) is 3.69. The fourth-order valence-corrected chi connectivity index (χ4v) is 2.12. The van der Waals surface area contributed by atoms with Crippen molar-refractivity contribution in [2.75, 3.05) is 14.1 Å². The van der Waals surface area contributed by atoms with Gasteiger partial charge in [-0.2, -0.15) is 0 Å².